The van der Waals surface area contributed by atoms with Crippen molar-refractivity contribution >= 4 is 17.5 Å². The van der Waals surface area contributed by atoms with Crippen molar-refractivity contribution in [1.29, 1.82) is 0 Å². The van der Waals surface area contributed by atoms with Gasteiger partial charge in [0.05, 0.1) is 11.1 Å². The monoisotopic (exact) mass is 270 g/mol. The number of carbonyl (C=O) groups is 2. The van der Waals surface area contributed by atoms with Crippen LogP contribution in [0.2, 0.25) is 0 Å². The molecule has 1 aromatic carbocycles. The first kappa shape index (κ1) is 12.9. The second-order valence-corrected chi connectivity index (χ2v) is 5.46. The standard InChI is InChI=1S/C16H18N2O2/c1-18-15(19)13-8-7-12(9-14(13)16(18)20)17-10-11-5-3-2-4-6-11/h2-3,7-9,11,17H,4-6,10H2,1H3. The Morgan fingerprint density at radius 2 is 2.00 bits per heavy atom. The fourth-order valence-corrected chi connectivity index (χ4v) is 2.78. The number of nitrogens with zero attached hydrogens (tertiary/aromatic N) is 1. The molecule has 2 aliphatic rings. The van der Waals surface area contributed by atoms with Crippen molar-refractivity contribution in [3.8, 4) is 0 Å². The van der Waals surface area contributed by atoms with Gasteiger partial charge in [0.25, 0.3) is 11.8 Å². The number of amides is 2. The molecule has 1 aliphatic carbocycles. The maximum atomic E-state index is 11.9. The van der Waals surface area contributed by atoms with Crippen LogP contribution < -0.4 is 5.32 Å². The molecule has 0 spiro atoms. The normalized spacial score (nSPS) is 21.2. The van der Waals surface area contributed by atoms with Crippen LogP contribution in [0.5, 0.6) is 0 Å². The van der Waals surface area contributed by atoms with Crippen LogP contribution >= 0.6 is 0 Å². The predicted octanol–water partition coefficient (Wildman–Crippen LogP) is 2.68. The van der Waals surface area contributed by atoms with Gasteiger partial charge in [0.2, 0.25) is 0 Å². The third-order valence-corrected chi connectivity index (χ3v) is 4.06. The van der Waals surface area contributed by atoms with E-state index in [1.165, 1.54) is 18.4 Å². The Morgan fingerprint density at radius 1 is 1.20 bits per heavy atom. The summed E-state index contributed by atoms with van der Waals surface area (Å²) in [6.45, 7) is 0.904. The number of hydrogen-bond donors (Lipinski definition) is 1. The molecule has 3 rings (SSSR count). The number of allylic oxidation sites excluding steroid dienone is 2. The quantitative estimate of drug-likeness (QED) is 0.678. The van der Waals surface area contributed by atoms with Gasteiger partial charge >= 0.3 is 0 Å². The number of hydrogen-bond acceptors (Lipinski definition) is 3. The Bertz CT molecular complexity index is 592. The molecule has 20 heavy (non-hydrogen) atoms. The summed E-state index contributed by atoms with van der Waals surface area (Å²) in [6, 6.07) is 5.40. The van der Waals surface area contributed by atoms with E-state index in [2.05, 4.69) is 17.5 Å². The highest BCUT2D eigenvalue weighted by atomic mass is 16.2. The van der Waals surface area contributed by atoms with E-state index in [0.717, 1.165) is 25.1 Å². The minimum absolute atomic E-state index is 0.214. The van der Waals surface area contributed by atoms with Gasteiger partial charge in [-0.15, -0.1) is 0 Å². The smallest absolute Gasteiger partial charge is 0.261 e. The SMILES string of the molecule is CN1C(=O)c2ccc(NCC3CC=CCC3)cc2C1=O. The van der Waals surface area contributed by atoms with E-state index in [4.69, 9.17) is 0 Å². The molecule has 2 amide bonds. The highest BCUT2D eigenvalue weighted by molar-refractivity contribution is 6.21. The average Bonchev–Trinajstić information content (AvgIpc) is 2.71. The van der Waals surface area contributed by atoms with Crippen molar-refractivity contribution in [3.05, 3.63) is 41.5 Å². The van der Waals surface area contributed by atoms with Gasteiger partial charge in [-0.05, 0) is 43.4 Å². The van der Waals surface area contributed by atoms with Crippen molar-refractivity contribution < 1.29 is 9.59 Å². The topological polar surface area (TPSA) is 49.4 Å². The van der Waals surface area contributed by atoms with Crippen LogP contribution in [0.25, 0.3) is 0 Å². The van der Waals surface area contributed by atoms with E-state index < -0.39 is 0 Å². The number of carbonyl (C=O) groups excluding carboxylic acids is 2. The third-order valence-electron chi connectivity index (χ3n) is 4.06. The van der Waals surface area contributed by atoms with Crippen molar-refractivity contribution in [2.24, 2.45) is 5.92 Å². The maximum Gasteiger partial charge on any atom is 0.261 e. The first-order chi connectivity index (χ1) is 9.66. The summed E-state index contributed by atoms with van der Waals surface area (Å²) in [4.78, 5) is 24.9. The van der Waals surface area contributed by atoms with E-state index >= 15 is 0 Å². The summed E-state index contributed by atoms with van der Waals surface area (Å²) in [6.07, 6.45) is 7.92. The molecule has 0 saturated carbocycles. The molecule has 1 atom stereocenters. The highest BCUT2D eigenvalue weighted by Gasteiger charge is 2.32. The van der Waals surface area contributed by atoms with Gasteiger partial charge in [-0.1, -0.05) is 12.2 Å². The zero-order valence-corrected chi connectivity index (χ0v) is 11.6. The van der Waals surface area contributed by atoms with Crippen LogP contribution in [0.15, 0.2) is 30.4 Å². The molecule has 1 unspecified atom stereocenters. The number of rotatable bonds is 3. The number of benzene rings is 1. The Balaban J connectivity index is 1.72. The van der Waals surface area contributed by atoms with Crippen molar-refractivity contribution in [2.45, 2.75) is 19.3 Å². The van der Waals surface area contributed by atoms with Crippen LogP contribution in [-0.4, -0.2) is 30.3 Å². The van der Waals surface area contributed by atoms with Crippen LogP contribution in [0, 0.1) is 5.92 Å². The number of nitrogens with one attached hydrogen (secondary N) is 1. The lowest BCUT2D eigenvalue weighted by molar-refractivity contribution is 0.0693. The van der Waals surface area contributed by atoms with Crippen LogP contribution in [0.3, 0.4) is 0 Å². The second kappa shape index (κ2) is 5.12. The molecule has 1 aromatic rings. The van der Waals surface area contributed by atoms with E-state index in [-0.39, 0.29) is 11.8 Å². The van der Waals surface area contributed by atoms with Crippen LogP contribution in [0.1, 0.15) is 40.0 Å². The molecule has 1 aliphatic heterocycles. The Morgan fingerprint density at radius 3 is 2.75 bits per heavy atom. The van der Waals surface area contributed by atoms with E-state index in [1.807, 2.05) is 6.07 Å². The van der Waals surface area contributed by atoms with E-state index in [1.54, 1.807) is 12.1 Å². The van der Waals surface area contributed by atoms with Gasteiger partial charge < -0.3 is 5.32 Å². The van der Waals surface area contributed by atoms with E-state index in [9.17, 15) is 9.59 Å². The summed E-state index contributed by atoms with van der Waals surface area (Å²) in [5.74, 6) is 0.219. The first-order valence-electron chi connectivity index (χ1n) is 7.02. The van der Waals surface area contributed by atoms with Gasteiger partial charge in [-0.3, -0.25) is 14.5 Å². The fraction of sp³-hybridized carbons (Fsp3) is 0.375. The van der Waals surface area contributed by atoms with Crippen molar-refractivity contribution in [3.63, 3.8) is 0 Å². The molecule has 0 bridgehead atoms. The molecular formula is C16H18N2O2. The average molecular weight is 270 g/mol. The molecule has 104 valence electrons. The lowest BCUT2D eigenvalue weighted by Crippen LogP contribution is -2.24. The molecule has 1 heterocycles. The third kappa shape index (κ3) is 2.22. The summed E-state index contributed by atoms with van der Waals surface area (Å²) >= 11 is 0. The number of imide groups is 1. The summed E-state index contributed by atoms with van der Waals surface area (Å²) in [5.41, 5.74) is 1.92. The molecule has 0 saturated heterocycles. The van der Waals surface area contributed by atoms with Gasteiger partial charge in [-0.2, -0.15) is 0 Å². The fourth-order valence-electron chi connectivity index (χ4n) is 2.78. The lowest BCUT2D eigenvalue weighted by Gasteiger charge is -2.19. The van der Waals surface area contributed by atoms with Crippen molar-refractivity contribution in [2.75, 3.05) is 18.9 Å². The largest absolute Gasteiger partial charge is 0.385 e. The molecular weight excluding hydrogens is 252 g/mol. The summed E-state index contributed by atoms with van der Waals surface area (Å²) in [7, 11) is 1.52. The Labute approximate surface area is 118 Å². The van der Waals surface area contributed by atoms with Gasteiger partial charge in [0.15, 0.2) is 0 Å². The van der Waals surface area contributed by atoms with Crippen molar-refractivity contribution in [1.82, 2.24) is 4.90 Å². The minimum Gasteiger partial charge on any atom is -0.385 e. The predicted molar refractivity (Wildman–Crippen MR) is 77.8 cm³/mol. The molecule has 4 nitrogen and oxygen atoms in total. The molecule has 0 aromatic heterocycles. The molecule has 4 heteroatoms. The lowest BCUT2D eigenvalue weighted by atomic mass is 9.94. The zero-order chi connectivity index (χ0) is 14.1. The molecule has 0 fully saturated rings. The van der Waals surface area contributed by atoms with Gasteiger partial charge in [0.1, 0.15) is 0 Å². The Kier molecular flexibility index (Phi) is 3.30. The number of fused-ring (bicyclic) bond motifs is 1. The van der Waals surface area contributed by atoms with Gasteiger partial charge in [0, 0.05) is 19.3 Å². The maximum absolute atomic E-state index is 11.9. The van der Waals surface area contributed by atoms with Crippen LogP contribution in [0.4, 0.5) is 5.69 Å². The number of anilines is 1. The second-order valence-electron chi connectivity index (χ2n) is 5.46. The van der Waals surface area contributed by atoms with Gasteiger partial charge in [-0.25, -0.2) is 0 Å². The highest BCUT2D eigenvalue weighted by Crippen LogP contribution is 2.25. The summed E-state index contributed by atoms with van der Waals surface area (Å²) < 4.78 is 0. The zero-order valence-electron chi connectivity index (χ0n) is 11.6. The molecule has 1 N–H and O–H groups in total. The van der Waals surface area contributed by atoms with E-state index in [0.29, 0.717) is 17.0 Å². The summed E-state index contributed by atoms with van der Waals surface area (Å²) in [5, 5.41) is 3.38. The van der Waals surface area contributed by atoms with Crippen LogP contribution in [-0.2, 0) is 0 Å². The Hall–Kier alpha value is -2.10. The minimum atomic E-state index is -0.214. The first-order valence-corrected chi connectivity index (χ1v) is 7.02. The molecule has 0 radical (unpaired) electrons.